The molecular weight excluding hydrogens is 248 g/mol. The average molecular weight is 270 g/mol. The minimum Gasteiger partial charge on any atom is -0.467 e. The second-order valence-corrected chi connectivity index (χ2v) is 4.08. The zero-order valence-corrected chi connectivity index (χ0v) is 11.5. The van der Waals surface area contributed by atoms with Gasteiger partial charge < -0.3 is 24.5 Å². The third-order valence-corrected chi connectivity index (χ3v) is 2.54. The first-order chi connectivity index (χ1) is 9.24. The molecule has 1 unspecified atom stereocenters. The number of hydrogen-bond donors (Lipinski definition) is 2. The van der Waals surface area contributed by atoms with Gasteiger partial charge in [0.15, 0.2) is 0 Å². The number of carbonyl (C=O) groups excluding carboxylic acids is 1. The van der Waals surface area contributed by atoms with Crippen molar-refractivity contribution in [1.29, 1.82) is 0 Å². The minimum atomic E-state index is -0.263. The number of nitrogens with one attached hydrogen (secondary N) is 2. The van der Waals surface area contributed by atoms with Crippen molar-refractivity contribution in [2.45, 2.75) is 19.5 Å². The summed E-state index contributed by atoms with van der Waals surface area (Å²) in [7, 11) is 1.63. The molecule has 0 aliphatic rings. The van der Waals surface area contributed by atoms with Crippen LogP contribution in [-0.2, 0) is 20.8 Å². The number of furan rings is 1. The SMILES string of the molecule is COCCOCCNC(C)C(=O)NCc1ccco1. The predicted octanol–water partition coefficient (Wildman–Crippen LogP) is 0.537. The molecule has 6 nitrogen and oxygen atoms in total. The Morgan fingerprint density at radius 2 is 2.26 bits per heavy atom. The Morgan fingerprint density at radius 1 is 1.42 bits per heavy atom. The predicted molar refractivity (Wildman–Crippen MR) is 70.7 cm³/mol. The molecule has 0 aromatic carbocycles. The fourth-order valence-corrected chi connectivity index (χ4v) is 1.43. The summed E-state index contributed by atoms with van der Waals surface area (Å²) >= 11 is 0. The summed E-state index contributed by atoms with van der Waals surface area (Å²) in [5.74, 6) is 0.678. The average Bonchev–Trinajstić information content (AvgIpc) is 2.93. The van der Waals surface area contributed by atoms with E-state index in [-0.39, 0.29) is 11.9 Å². The maximum Gasteiger partial charge on any atom is 0.237 e. The van der Waals surface area contributed by atoms with Crippen LogP contribution in [0.5, 0.6) is 0 Å². The second-order valence-electron chi connectivity index (χ2n) is 4.08. The van der Waals surface area contributed by atoms with E-state index >= 15 is 0 Å². The number of methoxy groups -OCH3 is 1. The number of carbonyl (C=O) groups is 1. The highest BCUT2D eigenvalue weighted by molar-refractivity contribution is 5.81. The fourth-order valence-electron chi connectivity index (χ4n) is 1.43. The van der Waals surface area contributed by atoms with Gasteiger partial charge in [0.1, 0.15) is 5.76 Å². The van der Waals surface area contributed by atoms with E-state index in [0.717, 1.165) is 5.76 Å². The molecule has 1 atom stereocenters. The van der Waals surface area contributed by atoms with Crippen molar-refractivity contribution in [3.8, 4) is 0 Å². The van der Waals surface area contributed by atoms with E-state index in [0.29, 0.717) is 32.9 Å². The molecule has 0 spiro atoms. The van der Waals surface area contributed by atoms with Crippen molar-refractivity contribution in [3.63, 3.8) is 0 Å². The molecule has 2 N–H and O–H groups in total. The van der Waals surface area contributed by atoms with E-state index in [1.165, 1.54) is 0 Å². The molecule has 0 aliphatic heterocycles. The quantitative estimate of drug-likeness (QED) is 0.607. The van der Waals surface area contributed by atoms with Crippen molar-refractivity contribution in [2.75, 3.05) is 33.5 Å². The Kier molecular flexibility index (Phi) is 7.88. The first-order valence-electron chi connectivity index (χ1n) is 6.34. The highest BCUT2D eigenvalue weighted by Gasteiger charge is 2.11. The Hall–Kier alpha value is -1.37. The van der Waals surface area contributed by atoms with Crippen LogP contribution in [-0.4, -0.2) is 45.4 Å². The highest BCUT2D eigenvalue weighted by Crippen LogP contribution is 1.98. The van der Waals surface area contributed by atoms with E-state index in [1.807, 2.05) is 13.0 Å². The number of ether oxygens (including phenoxy) is 2. The first kappa shape index (κ1) is 15.7. The molecule has 6 heteroatoms. The van der Waals surface area contributed by atoms with Crippen molar-refractivity contribution in [2.24, 2.45) is 0 Å². The van der Waals surface area contributed by atoms with Crippen molar-refractivity contribution < 1.29 is 18.7 Å². The van der Waals surface area contributed by atoms with E-state index in [4.69, 9.17) is 13.9 Å². The lowest BCUT2D eigenvalue weighted by atomic mass is 10.3. The van der Waals surface area contributed by atoms with E-state index in [2.05, 4.69) is 10.6 Å². The van der Waals surface area contributed by atoms with Gasteiger partial charge in [-0.15, -0.1) is 0 Å². The summed E-state index contributed by atoms with van der Waals surface area (Å²) in [5.41, 5.74) is 0. The standard InChI is InChI=1S/C13H22N2O4/c1-11(14-5-7-18-9-8-17-2)13(16)15-10-12-4-3-6-19-12/h3-4,6,11,14H,5,7-10H2,1-2H3,(H,15,16). The van der Waals surface area contributed by atoms with Gasteiger partial charge in [-0.25, -0.2) is 0 Å². The Bertz CT molecular complexity index is 340. The lowest BCUT2D eigenvalue weighted by molar-refractivity contribution is -0.123. The van der Waals surface area contributed by atoms with Crippen LogP contribution in [0, 0.1) is 0 Å². The summed E-state index contributed by atoms with van der Waals surface area (Å²) < 4.78 is 15.3. The van der Waals surface area contributed by atoms with Gasteiger partial charge in [-0.3, -0.25) is 4.79 Å². The molecule has 0 aliphatic carbocycles. The molecule has 0 bridgehead atoms. The largest absolute Gasteiger partial charge is 0.467 e. The van der Waals surface area contributed by atoms with E-state index in [1.54, 1.807) is 19.4 Å². The van der Waals surface area contributed by atoms with Crippen LogP contribution in [0.25, 0.3) is 0 Å². The number of hydrogen-bond acceptors (Lipinski definition) is 5. The Balaban J connectivity index is 2.04. The van der Waals surface area contributed by atoms with Crippen LogP contribution >= 0.6 is 0 Å². The van der Waals surface area contributed by atoms with Crippen molar-refractivity contribution in [3.05, 3.63) is 24.2 Å². The molecule has 1 heterocycles. The van der Waals surface area contributed by atoms with Crippen LogP contribution < -0.4 is 10.6 Å². The lowest BCUT2D eigenvalue weighted by Gasteiger charge is -2.13. The zero-order chi connectivity index (χ0) is 13.9. The molecule has 0 saturated heterocycles. The first-order valence-corrected chi connectivity index (χ1v) is 6.34. The third-order valence-electron chi connectivity index (χ3n) is 2.54. The van der Waals surface area contributed by atoms with Gasteiger partial charge in [0.25, 0.3) is 0 Å². The molecule has 0 saturated carbocycles. The highest BCUT2D eigenvalue weighted by atomic mass is 16.5. The summed E-state index contributed by atoms with van der Waals surface area (Å²) in [6, 6.07) is 3.35. The van der Waals surface area contributed by atoms with Crippen LogP contribution in [0.2, 0.25) is 0 Å². The summed E-state index contributed by atoms with van der Waals surface area (Å²) in [5, 5.41) is 5.87. The Morgan fingerprint density at radius 3 is 2.95 bits per heavy atom. The maximum absolute atomic E-state index is 11.7. The molecular formula is C13H22N2O4. The summed E-state index contributed by atoms with van der Waals surface area (Å²) in [6.07, 6.45) is 1.58. The third kappa shape index (κ3) is 6.95. The minimum absolute atomic E-state index is 0.0618. The van der Waals surface area contributed by atoms with Gasteiger partial charge in [0, 0.05) is 13.7 Å². The summed E-state index contributed by atoms with van der Waals surface area (Å²) in [4.78, 5) is 11.7. The normalized spacial score (nSPS) is 12.3. The number of amides is 1. The molecule has 108 valence electrons. The van der Waals surface area contributed by atoms with Crippen molar-refractivity contribution >= 4 is 5.91 Å². The van der Waals surface area contributed by atoms with Gasteiger partial charge in [-0.1, -0.05) is 0 Å². The molecule has 19 heavy (non-hydrogen) atoms. The van der Waals surface area contributed by atoms with Gasteiger partial charge >= 0.3 is 0 Å². The molecule has 1 rings (SSSR count). The monoisotopic (exact) mass is 270 g/mol. The van der Waals surface area contributed by atoms with Crippen LogP contribution in [0.3, 0.4) is 0 Å². The van der Waals surface area contributed by atoms with Crippen LogP contribution in [0.4, 0.5) is 0 Å². The van der Waals surface area contributed by atoms with Gasteiger partial charge in [-0.05, 0) is 19.1 Å². The second kappa shape index (κ2) is 9.55. The van der Waals surface area contributed by atoms with Gasteiger partial charge in [0.2, 0.25) is 5.91 Å². The number of rotatable bonds is 10. The fraction of sp³-hybridized carbons (Fsp3) is 0.615. The summed E-state index contributed by atoms with van der Waals surface area (Å²) in [6.45, 7) is 4.55. The van der Waals surface area contributed by atoms with Crippen LogP contribution in [0.15, 0.2) is 22.8 Å². The molecule has 0 fully saturated rings. The van der Waals surface area contributed by atoms with Crippen LogP contribution in [0.1, 0.15) is 12.7 Å². The molecule has 1 aromatic heterocycles. The van der Waals surface area contributed by atoms with Gasteiger partial charge in [-0.2, -0.15) is 0 Å². The Labute approximate surface area is 113 Å². The smallest absolute Gasteiger partial charge is 0.237 e. The molecule has 1 amide bonds. The topological polar surface area (TPSA) is 72.7 Å². The maximum atomic E-state index is 11.7. The molecule has 0 radical (unpaired) electrons. The van der Waals surface area contributed by atoms with Gasteiger partial charge in [0.05, 0.1) is 38.7 Å². The molecule has 1 aromatic rings. The zero-order valence-electron chi connectivity index (χ0n) is 11.5. The van der Waals surface area contributed by atoms with E-state index < -0.39 is 0 Å². The van der Waals surface area contributed by atoms with E-state index in [9.17, 15) is 4.79 Å². The lowest BCUT2D eigenvalue weighted by Crippen LogP contribution is -2.43. The van der Waals surface area contributed by atoms with Crippen molar-refractivity contribution in [1.82, 2.24) is 10.6 Å².